The molecular formula is C14H12F3N3O3S. The molecule has 0 aliphatic carbocycles. The van der Waals surface area contributed by atoms with Crippen molar-refractivity contribution in [3.8, 4) is 5.75 Å². The number of thioether (sulfide) groups is 1. The molecule has 1 fully saturated rings. The van der Waals surface area contributed by atoms with Crippen LogP contribution in [0, 0.1) is 0 Å². The quantitative estimate of drug-likeness (QED) is 0.891. The van der Waals surface area contributed by atoms with E-state index in [9.17, 15) is 22.8 Å². The SMILES string of the molecule is COc1cccc(C(=O)N[C@]2(C(F)(F)F)N=C3SCCN3C2=O)c1. The average molecular weight is 359 g/mol. The first-order valence-corrected chi connectivity index (χ1v) is 7.85. The van der Waals surface area contributed by atoms with Crippen molar-refractivity contribution in [2.75, 3.05) is 19.4 Å². The highest BCUT2D eigenvalue weighted by molar-refractivity contribution is 8.14. The number of amidine groups is 1. The number of hydrogen-bond acceptors (Lipinski definition) is 5. The number of benzene rings is 1. The number of aliphatic imine (C=N–C) groups is 1. The molecule has 6 nitrogen and oxygen atoms in total. The number of hydrogen-bond donors (Lipinski definition) is 1. The normalized spacial score (nSPS) is 23.1. The molecule has 1 atom stereocenters. The van der Waals surface area contributed by atoms with Crippen LogP contribution in [0.15, 0.2) is 29.3 Å². The van der Waals surface area contributed by atoms with Crippen LogP contribution in [-0.4, -0.2) is 53.1 Å². The summed E-state index contributed by atoms with van der Waals surface area (Å²) in [5.74, 6) is -1.56. The molecule has 2 aliphatic heterocycles. The summed E-state index contributed by atoms with van der Waals surface area (Å²) in [6.45, 7) is 0.134. The lowest BCUT2D eigenvalue weighted by Crippen LogP contribution is -2.63. The van der Waals surface area contributed by atoms with E-state index in [2.05, 4.69) is 4.99 Å². The Bertz CT molecular complexity index is 737. The van der Waals surface area contributed by atoms with Crippen LogP contribution in [0.4, 0.5) is 13.2 Å². The van der Waals surface area contributed by atoms with Crippen molar-refractivity contribution in [1.82, 2.24) is 10.2 Å². The van der Waals surface area contributed by atoms with E-state index in [1.165, 1.54) is 25.3 Å². The Morgan fingerprint density at radius 1 is 1.46 bits per heavy atom. The van der Waals surface area contributed by atoms with Gasteiger partial charge in [-0.1, -0.05) is 17.8 Å². The second-order valence-electron chi connectivity index (χ2n) is 5.09. The third-order valence-electron chi connectivity index (χ3n) is 3.63. The van der Waals surface area contributed by atoms with Crippen LogP contribution in [0.5, 0.6) is 5.75 Å². The zero-order valence-electron chi connectivity index (χ0n) is 12.4. The molecule has 2 amide bonds. The topological polar surface area (TPSA) is 71.0 Å². The Morgan fingerprint density at radius 3 is 2.83 bits per heavy atom. The molecule has 0 spiro atoms. The first kappa shape index (κ1) is 16.6. The number of nitrogens with one attached hydrogen (secondary N) is 1. The molecular weight excluding hydrogens is 347 g/mol. The van der Waals surface area contributed by atoms with Crippen molar-refractivity contribution < 1.29 is 27.5 Å². The average Bonchev–Trinajstić information content (AvgIpc) is 3.09. The number of carbonyl (C=O) groups excluding carboxylic acids is 2. The molecule has 0 saturated carbocycles. The molecule has 1 aromatic rings. The van der Waals surface area contributed by atoms with Gasteiger partial charge in [0.1, 0.15) is 5.75 Å². The standard InChI is InChI=1S/C14H12F3N3O3S/c1-23-9-4-2-3-8(7-9)10(21)18-13(14(15,16)17)11(22)20-5-6-24-12(20)19-13/h2-4,7H,5-6H2,1H3,(H,18,21)/t13-/m0/s1. The summed E-state index contributed by atoms with van der Waals surface area (Å²) in [5, 5.41) is 1.74. The van der Waals surface area contributed by atoms with Gasteiger partial charge in [0.05, 0.1) is 7.11 Å². The van der Waals surface area contributed by atoms with E-state index < -0.39 is 23.7 Å². The van der Waals surface area contributed by atoms with Crippen molar-refractivity contribution in [3.05, 3.63) is 29.8 Å². The fourth-order valence-electron chi connectivity index (χ4n) is 2.41. The minimum Gasteiger partial charge on any atom is -0.497 e. The predicted molar refractivity (Wildman–Crippen MR) is 80.9 cm³/mol. The molecule has 10 heteroatoms. The number of rotatable bonds is 3. The zero-order chi connectivity index (χ0) is 17.5. The third kappa shape index (κ3) is 2.50. The Kier molecular flexibility index (Phi) is 3.94. The fraction of sp³-hybridized carbons (Fsp3) is 0.357. The Balaban J connectivity index is 1.96. The second kappa shape index (κ2) is 5.69. The smallest absolute Gasteiger partial charge is 0.442 e. The van der Waals surface area contributed by atoms with Gasteiger partial charge < -0.3 is 10.1 Å². The molecule has 1 N–H and O–H groups in total. The molecule has 2 aliphatic rings. The van der Waals surface area contributed by atoms with Gasteiger partial charge in [-0.15, -0.1) is 0 Å². The monoisotopic (exact) mass is 359 g/mol. The van der Waals surface area contributed by atoms with Gasteiger partial charge in [-0.2, -0.15) is 13.2 Å². The van der Waals surface area contributed by atoms with Crippen molar-refractivity contribution in [2.45, 2.75) is 11.8 Å². The number of fused-ring (bicyclic) bond motifs is 1. The lowest BCUT2D eigenvalue weighted by atomic mass is 10.1. The first-order chi connectivity index (χ1) is 11.3. The van der Waals surface area contributed by atoms with E-state index in [1.807, 2.05) is 0 Å². The van der Waals surface area contributed by atoms with Crippen LogP contribution in [0.1, 0.15) is 10.4 Å². The van der Waals surface area contributed by atoms with E-state index >= 15 is 0 Å². The number of carbonyl (C=O) groups is 2. The van der Waals surface area contributed by atoms with Gasteiger partial charge in [0, 0.05) is 17.9 Å². The maximum absolute atomic E-state index is 13.6. The highest BCUT2D eigenvalue weighted by Crippen LogP contribution is 2.41. The molecule has 128 valence electrons. The number of methoxy groups -OCH3 is 1. The van der Waals surface area contributed by atoms with Crippen LogP contribution in [-0.2, 0) is 4.79 Å². The number of halogens is 3. The molecule has 0 aromatic heterocycles. The van der Waals surface area contributed by atoms with E-state index in [0.717, 1.165) is 16.7 Å². The summed E-state index contributed by atoms with van der Waals surface area (Å²) in [6, 6.07) is 5.61. The van der Waals surface area contributed by atoms with Crippen molar-refractivity contribution in [2.24, 2.45) is 4.99 Å². The Labute approximate surface area is 139 Å². The van der Waals surface area contributed by atoms with Gasteiger partial charge >= 0.3 is 11.8 Å². The van der Waals surface area contributed by atoms with Gasteiger partial charge in [0.2, 0.25) is 0 Å². The molecule has 0 bridgehead atoms. The van der Waals surface area contributed by atoms with E-state index in [0.29, 0.717) is 11.5 Å². The summed E-state index contributed by atoms with van der Waals surface area (Å²) < 4.78 is 45.7. The molecule has 2 heterocycles. The largest absolute Gasteiger partial charge is 0.497 e. The zero-order valence-corrected chi connectivity index (χ0v) is 13.2. The molecule has 1 aromatic carbocycles. The van der Waals surface area contributed by atoms with E-state index in [-0.39, 0.29) is 17.3 Å². The van der Waals surface area contributed by atoms with Crippen LogP contribution >= 0.6 is 11.8 Å². The van der Waals surface area contributed by atoms with Gasteiger partial charge in [-0.3, -0.25) is 14.5 Å². The number of alkyl halides is 3. The summed E-state index contributed by atoms with van der Waals surface area (Å²) in [6.07, 6.45) is -5.06. The number of nitrogens with zero attached hydrogens (tertiary/aromatic N) is 2. The molecule has 1 saturated heterocycles. The molecule has 3 rings (SSSR count). The maximum atomic E-state index is 13.6. The van der Waals surface area contributed by atoms with Crippen molar-refractivity contribution in [1.29, 1.82) is 0 Å². The van der Waals surface area contributed by atoms with Gasteiger partial charge in [-0.25, -0.2) is 4.99 Å². The summed E-state index contributed by atoms with van der Waals surface area (Å²) in [5.41, 5.74) is -3.35. The summed E-state index contributed by atoms with van der Waals surface area (Å²) in [7, 11) is 1.37. The van der Waals surface area contributed by atoms with Crippen LogP contribution in [0.25, 0.3) is 0 Å². The minimum absolute atomic E-state index is 0.0248. The third-order valence-corrected chi connectivity index (χ3v) is 4.59. The van der Waals surface area contributed by atoms with Gasteiger partial charge in [-0.05, 0) is 18.2 Å². The van der Waals surface area contributed by atoms with Gasteiger partial charge in [0.15, 0.2) is 5.17 Å². The summed E-state index contributed by atoms with van der Waals surface area (Å²) >= 11 is 1.05. The molecule has 24 heavy (non-hydrogen) atoms. The van der Waals surface area contributed by atoms with Crippen LogP contribution < -0.4 is 10.1 Å². The maximum Gasteiger partial charge on any atom is 0.442 e. The highest BCUT2D eigenvalue weighted by atomic mass is 32.2. The molecule has 0 radical (unpaired) electrons. The Hall–Kier alpha value is -2.23. The lowest BCUT2D eigenvalue weighted by molar-refractivity contribution is -0.196. The predicted octanol–water partition coefficient (Wildman–Crippen LogP) is 1.63. The number of ether oxygens (including phenoxy) is 1. The van der Waals surface area contributed by atoms with E-state index in [1.54, 1.807) is 11.4 Å². The highest BCUT2D eigenvalue weighted by Gasteiger charge is 2.67. The Morgan fingerprint density at radius 2 is 2.21 bits per heavy atom. The lowest BCUT2D eigenvalue weighted by Gasteiger charge is -2.28. The first-order valence-electron chi connectivity index (χ1n) is 6.86. The number of amides is 2. The summed E-state index contributed by atoms with van der Waals surface area (Å²) in [4.78, 5) is 29.0. The minimum atomic E-state index is -5.06. The van der Waals surface area contributed by atoms with E-state index in [4.69, 9.17) is 4.74 Å². The van der Waals surface area contributed by atoms with Crippen molar-refractivity contribution in [3.63, 3.8) is 0 Å². The fourth-order valence-corrected chi connectivity index (χ4v) is 3.40. The molecule has 0 unspecified atom stereocenters. The second-order valence-corrected chi connectivity index (χ2v) is 6.16. The van der Waals surface area contributed by atoms with Crippen LogP contribution in [0.3, 0.4) is 0 Å². The van der Waals surface area contributed by atoms with Crippen LogP contribution in [0.2, 0.25) is 0 Å². The van der Waals surface area contributed by atoms with Gasteiger partial charge in [0.25, 0.3) is 11.8 Å². The van der Waals surface area contributed by atoms with Crippen molar-refractivity contribution >= 4 is 28.7 Å².